The summed E-state index contributed by atoms with van der Waals surface area (Å²) in [5.41, 5.74) is 2.69. The molecule has 3 N–H and O–H groups in total. The van der Waals surface area contributed by atoms with Gasteiger partial charge in [0.05, 0.1) is 6.54 Å². The van der Waals surface area contributed by atoms with Gasteiger partial charge in [-0.05, 0) is 43.7 Å². The maximum absolute atomic E-state index is 11.5. The highest BCUT2D eigenvalue weighted by Gasteiger charge is 2.13. The highest BCUT2D eigenvalue weighted by Crippen LogP contribution is 2.25. The molecule has 0 fully saturated rings. The molecule has 0 unspecified atom stereocenters. The van der Waals surface area contributed by atoms with E-state index >= 15 is 0 Å². The van der Waals surface area contributed by atoms with Gasteiger partial charge in [-0.15, -0.1) is 0 Å². The monoisotopic (exact) mass is 247 g/mol. The van der Waals surface area contributed by atoms with Gasteiger partial charge in [-0.3, -0.25) is 9.59 Å². The molecule has 5 nitrogen and oxygen atoms in total. The average Bonchev–Trinajstić information content (AvgIpc) is 2.50. The molecule has 0 saturated heterocycles. The Morgan fingerprint density at radius 3 is 3.00 bits per heavy atom. The third kappa shape index (κ3) is 3.07. The van der Waals surface area contributed by atoms with Crippen molar-refractivity contribution in [2.75, 3.05) is 24.2 Å². The lowest BCUT2D eigenvalue weighted by Crippen LogP contribution is -2.25. The minimum absolute atomic E-state index is 0.0562. The van der Waals surface area contributed by atoms with Gasteiger partial charge in [-0.1, -0.05) is 0 Å². The number of amides is 2. The number of carbonyl (C=O) groups is 2. The minimum Gasteiger partial charge on any atom is -0.326 e. The van der Waals surface area contributed by atoms with Gasteiger partial charge in [-0.25, -0.2) is 0 Å². The topological polar surface area (TPSA) is 70.2 Å². The number of nitrogens with one attached hydrogen (secondary N) is 3. The van der Waals surface area contributed by atoms with E-state index in [0.29, 0.717) is 6.42 Å². The molecule has 0 atom stereocenters. The quantitative estimate of drug-likeness (QED) is 0.749. The first-order valence-electron chi connectivity index (χ1n) is 6.06. The van der Waals surface area contributed by atoms with Crippen molar-refractivity contribution in [3.63, 3.8) is 0 Å². The Balaban J connectivity index is 2.14. The summed E-state index contributed by atoms with van der Waals surface area (Å²) in [6.07, 6.45) is 2.24. The van der Waals surface area contributed by atoms with Crippen LogP contribution in [0.3, 0.4) is 0 Å². The average molecular weight is 247 g/mol. The molecule has 1 heterocycles. The molecule has 1 aliphatic rings. The van der Waals surface area contributed by atoms with Crippen LogP contribution in [0.2, 0.25) is 0 Å². The second kappa shape index (κ2) is 5.64. The molecule has 2 amide bonds. The molecule has 0 aromatic heterocycles. The van der Waals surface area contributed by atoms with Crippen molar-refractivity contribution in [1.29, 1.82) is 0 Å². The van der Waals surface area contributed by atoms with Crippen LogP contribution in [0.5, 0.6) is 0 Å². The van der Waals surface area contributed by atoms with Crippen molar-refractivity contribution >= 4 is 23.2 Å². The molecule has 2 rings (SSSR count). The Labute approximate surface area is 106 Å². The maximum Gasteiger partial charge on any atom is 0.238 e. The fourth-order valence-electron chi connectivity index (χ4n) is 2.02. The third-order valence-electron chi connectivity index (χ3n) is 2.85. The van der Waals surface area contributed by atoms with Gasteiger partial charge in [0.2, 0.25) is 11.8 Å². The van der Waals surface area contributed by atoms with Gasteiger partial charge in [0.15, 0.2) is 0 Å². The Morgan fingerprint density at radius 2 is 2.22 bits per heavy atom. The normalized spacial score (nSPS) is 14.4. The van der Waals surface area contributed by atoms with Crippen molar-refractivity contribution in [3.05, 3.63) is 23.8 Å². The van der Waals surface area contributed by atoms with E-state index in [1.807, 2.05) is 12.1 Å². The molecule has 0 bridgehead atoms. The molecule has 0 radical (unpaired) electrons. The number of anilines is 2. The van der Waals surface area contributed by atoms with E-state index in [-0.39, 0.29) is 18.4 Å². The Bertz CT molecular complexity index is 471. The molecular weight excluding hydrogens is 230 g/mol. The van der Waals surface area contributed by atoms with Gasteiger partial charge in [0.1, 0.15) is 0 Å². The summed E-state index contributed by atoms with van der Waals surface area (Å²) in [7, 11) is 1.73. The molecule has 0 spiro atoms. The zero-order valence-corrected chi connectivity index (χ0v) is 10.4. The first kappa shape index (κ1) is 12.6. The molecule has 96 valence electrons. The summed E-state index contributed by atoms with van der Waals surface area (Å²) in [6, 6.07) is 5.57. The van der Waals surface area contributed by atoms with E-state index in [0.717, 1.165) is 29.8 Å². The van der Waals surface area contributed by atoms with Crippen molar-refractivity contribution in [2.45, 2.75) is 19.3 Å². The van der Waals surface area contributed by atoms with Crippen LogP contribution >= 0.6 is 0 Å². The molecule has 5 heteroatoms. The van der Waals surface area contributed by atoms with Crippen LogP contribution in [0, 0.1) is 0 Å². The Hall–Kier alpha value is -1.88. The van der Waals surface area contributed by atoms with E-state index in [1.165, 1.54) is 0 Å². The summed E-state index contributed by atoms with van der Waals surface area (Å²) in [4.78, 5) is 22.9. The predicted molar refractivity (Wildman–Crippen MR) is 70.6 cm³/mol. The van der Waals surface area contributed by atoms with Crippen molar-refractivity contribution in [3.8, 4) is 0 Å². The van der Waals surface area contributed by atoms with Crippen LogP contribution in [-0.2, 0) is 16.0 Å². The Kier molecular flexibility index (Phi) is 3.94. The number of likely N-dealkylation sites (N-methyl/N-ethyl adjacent to an activating group) is 1. The second-order valence-electron chi connectivity index (χ2n) is 4.35. The molecule has 0 saturated carbocycles. The highest BCUT2D eigenvalue weighted by molar-refractivity contribution is 5.95. The van der Waals surface area contributed by atoms with Crippen LogP contribution < -0.4 is 16.0 Å². The minimum atomic E-state index is -0.0740. The van der Waals surface area contributed by atoms with Gasteiger partial charge >= 0.3 is 0 Å². The highest BCUT2D eigenvalue weighted by atomic mass is 16.2. The first-order valence-corrected chi connectivity index (χ1v) is 6.06. The zero-order chi connectivity index (χ0) is 13.0. The predicted octanol–water partition coefficient (Wildman–Crippen LogP) is 1.12. The summed E-state index contributed by atoms with van der Waals surface area (Å²) in [5.74, 6) is -0.0178. The van der Waals surface area contributed by atoms with Gasteiger partial charge in [0, 0.05) is 17.8 Å². The molecule has 1 aliphatic heterocycles. The fraction of sp³-hybridized carbons (Fsp3) is 0.385. The first-order chi connectivity index (χ1) is 8.69. The van der Waals surface area contributed by atoms with Gasteiger partial charge in [0.25, 0.3) is 0 Å². The number of aryl methyl sites for hydroxylation is 1. The summed E-state index contributed by atoms with van der Waals surface area (Å²) >= 11 is 0. The van der Waals surface area contributed by atoms with E-state index < -0.39 is 0 Å². The van der Waals surface area contributed by atoms with Gasteiger partial charge < -0.3 is 16.0 Å². The largest absolute Gasteiger partial charge is 0.326 e. The van der Waals surface area contributed by atoms with E-state index in [2.05, 4.69) is 16.0 Å². The number of benzene rings is 1. The van der Waals surface area contributed by atoms with Crippen LogP contribution in [0.15, 0.2) is 18.2 Å². The van der Waals surface area contributed by atoms with Crippen LogP contribution in [0.4, 0.5) is 11.4 Å². The fourth-order valence-corrected chi connectivity index (χ4v) is 2.02. The number of fused-ring (bicyclic) bond motifs is 1. The lowest BCUT2D eigenvalue weighted by molar-refractivity contribution is -0.116. The van der Waals surface area contributed by atoms with Crippen molar-refractivity contribution in [2.24, 2.45) is 0 Å². The van der Waals surface area contributed by atoms with Crippen molar-refractivity contribution in [1.82, 2.24) is 5.32 Å². The zero-order valence-electron chi connectivity index (χ0n) is 10.4. The molecular formula is C13H17N3O2. The number of carbonyl (C=O) groups excluding carboxylic acids is 2. The third-order valence-corrected chi connectivity index (χ3v) is 2.85. The van der Waals surface area contributed by atoms with Gasteiger partial charge in [-0.2, -0.15) is 0 Å². The lowest BCUT2D eigenvalue weighted by Gasteiger charge is -2.10. The number of hydrogen-bond donors (Lipinski definition) is 3. The standard InChI is InChI=1S/C13H17N3O2/c1-14-8-13(18)15-10-5-6-11-9(7-10)3-2-4-12(17)16-11/h5-7,14H,2-4,8H2,1H3,(H,15,18)(H,16,17). The van der Waals surface area contributed by atoms with E-state index in [4.69, 9.17) is 0 Å². The SMILES string of the molecule is CNCC(=O)Nc1ccc2c(c1)CCCC(=O)N2. The molecule has 1 aromatic rings. The smallest absolute Gasteiger partial charge is 0.238 e. The number of rotatable bonds is 3. The van der Waals surface area contributed by atoms with E-state index in [1.54, 1.807) is 13.1 Å². The molecule has 0 aliphatic carbocycles. The van der Waals surface area contributed by atoms with Crippen LogP contribution in [-0.4, -0.2) is 25.4 Å². The summed E-state index contributed by atoms with van der Waals surface area (Å²) in [6.45, 7) is 0.286. The van der Waals surface area contributed by atoms with Crippen LogP contribution in [0.25, 0.3) is 0 Å². The summed E-state index contributed by atoms with van der Waals surface area (Å²) < 4.78 is 0. The second-order valence-corrected chi connectivity index (χ2v) is 4.35. The molecule has 1 aromatic carbocycles. The summed E-state index contributed by atoms with van der Waals surface area (Å²) in [5, 5.41) is 8.47. The Morgan fingerprint density at radius 1 is 1.39 bits per heavy atom. The van der Waals surface area contributed by atoms with Crippen molar-refractivity contribution < 1.29 is 9.59 Å². The molecule has 18 heavy (non-hydrogen) atoms. The number of hydrogen-bond acceptors (Lipinski definition) is 3. The van der Waals surface area contributed by atoms with E-state index in [9.17, 15) is 9.59 Å². The van der Waals surface area contributed by atoms with Crippen LogP contribution in [0.1, 0.15) is 18.4 Å². The lowest BCUT2D eigenvalue weighted by atomic mass is 10.1. The maximum atomic E-state index is 11.5.